The molecule has 1 aromatic rings. The molecule has 2 aliphatic rings. The Morgan fingerprint density at radius 2 is 2.36 bits per heavy atom. The predicted octanol–water partition coefficient (Wildman–Crippen LogP) is 2.34. The van der Waals surface area contributed by atoms with Gasteiger partial charge in [0.2, 0.25) is 0 Å². The Morgan fingerprint density at radius 1 is 1.50 bits per heavy atom. The van der Waals surface area contributed by atoms with Crippen molar-refractivity contribution in [2.24, 2.45) is 5.92 Å². The Labute approximate surface area is 87.3 Å². The average molecular weight is 212 g/mol. The summed E-state index contributed by atoms with van der Waals surface area (Å²) in [5, 5.41) is 3.60. The maximum absolute atomic E-state index is 13.0. The number of piperidine rings is 1. The molecule has 1 aromatic carbocycles. The van der Waals surface area contributed by atoms with Crippen LogP contribution in [-0.4, -0.2) is 13.1 Å². The zero-order valence-corrected chi connectivity index (χ0v) is 8.44. The van der Waals surface area contributed by atoms with Crippen LogP contribution >= 0.6 is 11.6 Å². The third kappa shape index (κ3) is 1.04. The third-order valence-electron chi connectivity index (χ3n) is 3.56. The fourth-order valence-corrected chi connectivity index (χ4v) is 2.78. The van der Waals surface area contributed by atoms with Crippen LogP contribution in [0.1, 0.15) is 12.0 Å². The van der Waals surface area contributed by atoms with Gasteiger partial charge in [0.15, 0.2) is 0 Å². The molecule has 2 atom stereocenters. The predicted molar refractivity (Wildman–Crippen MR) is 54.1 cm³/mol. The van der Waals surface area contributed by atoms with Gasteiger partial charge in [-0.2, -0.15) is 0 Å². The summed E-state index contributed by atoms with van der Waals surface area (Å²) in [5.74, 6) is 0.416. The highest BCUT2D eigenvalue weighted by Gasteiger charge is 2.58. The molecule has 2 fully saturated rings. The summed E-state index contributed by atoms with van der Waals surface area (Å²) in [4.78, 5) is 0. The second-order valence-electron chi connectivity index (χ2n) is 4.32. The Kier molecular flexibility index (Phi) is 1.68. The number of halogens is 2. The summed E-state index contributed by atoms with van der Waals surface area (Å²) < 4.78 is 13.0. The zero-order valence-electron chi connectivity index (χ0n) is 7.69. The van der Waals surface area contributed by atoms with E-state index in [2.05, 4.69) is 5.32 Å². The van der Waals surface area contributed by atoms with Crippen molar-refractivity contribution in [3.63, 3.8) is 0 Å². The molecule has 0 unspecified atom stereocenters. The zero-order chi connectivity index (χ0) is 9.76. The number of nitrogens with one attached hydrogen (secondary N) is 1. The summed E-state index contributed by atoms with van der Waals surface area (Å²) in [6.45, 7) is 2.11. The van der Waals surface area contributed by atoms with Crippen molar-refractivity contribution >= 4 is 11.6 Å². The molecule has 1 saturated carbocycles. The maximum Gasteiger partial charge on any atom is 0.141 e. The van der Waals surface area contributed by atoms with Gasteiger partial charge in [-0.3, -0.25) is 0 Å². The molecule has 1 saturated heterocycles. The fraction of sp³-hybridized carbons (Fsp3) is 0.455. The number of fused-ring (bicyclic) bond motifs is 1. The van der Waals surface area contributed by atoms with E-state index < -0.39 is 0 Å². The highest BCUT2D eigenvalue weighted by molar-refractivity contribution is 6.30. The van der Waals surface area contributed by atoms with Crippen molar-refractivity contribution in [1.82, 2.24) is 5.32 Å². The van der Waals surface area contributed by atoms with Crippen LogP contribution in [0, 0.1) is 11.7 Å². The second kappa shape index (κ2) is 2.71. The largest absolute Gasteiger partial charge is 0.316 e. The first-order chi connectivity index (χ1) is 6.72. The average Bonchev–Trinajstić information content (AvgIpc) is 2.75. The highest BCUT2D eigenvalue weighted by Crippen LogP contribution is 2.56. The van der Waals surface area contributed by atoms with Crippen molar-refractivity contribution < 1.29 is 4.39 Å². The van der Waals surface area contributed by atoms with Crippen LogP contribution in [0.25, 0.3) is 0 Å². The lowest BCUT2D eigenvalue weighted by atomic mass is 9.95. The molecule has 74 valence electrons. The van der Waals surface area contributed by atoms with Crippen molar-refractivity contribution in [3.05, 3.63) is 34.6 Å². The smallest absolute Gasteiger partial charge is 0.141 e. The molecule has 0 aromatic heterocycles. The van der Waals surface area contributed by atoms with Gasteiger partial charge < -0.3 is 5.32 Å². The fourth-order valence-electron chi connectivity index (χ4n) is 2.60. The molecule has 3 rings (SSSR count). The normalized spacial score (nSPS) is 34.3. The van der Waals surface area contributed by atoms with Crippen molar-refractivity contribution in [3.8, 4) is 0 Å². The SMILES string of the molecule is Fc1ccc([C@]23CNC[C@@H]2C3)cc1Cl. The molecule has 14 heavy (non-hydrogen) atoms. The van der Waals surface area contributed by atoms with Gasteiger partial charge in [0.05, 0.1) is 5.02 Å². The minimum Gasteiger partial charge on any atom is -0.316 e. The Morgan fingerprint density at radius 3 is 2.93 bits per heavy atom. The van der Waals surface area contributed by atoms with Gasteiger partial charge in [-0.1, -0.05) is 17.7 Å². The standard InChI is InChI=1S/C11H11ClFN/c12-9-3-7(1-2-10(9)13)11-4-8(11)5-14-6-11/h1-3,8,14H,4-6H2/t8-,11-/m0/s1. The summed E-state index contributed by atoms with van der Waals surface area (Å²) in [7, 11) is 0. The minimum atomic E-state index is -0.324. The lowest BCUT2D eigenvalue weighted by molar-refractivity contribution is 0.622. The summed E-state index contributed by atoms with van der Waals surface area (Å²) >= 11 is 5.78. The Hall–Kier alpha value is -0.600. The number of hydrogen-bond acceptors (Lipinski definition) is 1. The quantitative estimate of drug-likeness (QED) is 0.752. The molecular weight excluding hydrogens is 201 g/mol. The van der Waals surface area contributed by atoms with E-state index in [9.17, 15) is 4.39 Å². The molecule has 0 bridgehead atoms. The molecule has 0 radical (unpaired) electrons. The van der Waals surface area contributed by atoms with E-state index in [4.69, 9.17) is 11.6 Å². The molecular formula is C11H11ClFN. The molecule has 1 nitrogen and oxygen atoms in total. The van der Waals surface area contributed by atoms with Crippen LogP contribution < -0.4 is 5.32 Å². The van der Waals surface area contributed by atoms with E-state index in [0.29, 0.717) is 0 Å². The highest BCUT2D eigenvalue weighted by atomic mass is 35.5. The van der Waals surface area contributed by atoms with Crippen LogP contribution in [0.3, 0.4) is 0 Å². The first-order valence-electron chi connectivity index (χ1n) is 4.89. The van der Waals surface area contributed by atoms with Gasteiger partial charge >= 0.3 is 0 Å². The lowest BCUT2D eigenvalue weighted by Gasteiger charge is -2.12. The lowest BCUT2D eigenvalue weighted by Crippen LogP contribution is -2.19. The van der Waals surface area contributed by atoms with E-state index >= 15 is 0 Å². The minimum absolute atomic E-state index is 0.245. The Bertz CT molecular complexity index is 393. The maximum atomic E-state index is 13.0. The molecule has 3 heteroatoms. The van der Waals surface area contributed by atoms with Gasteiger partial charge in [0, 0.05) is 12.0 Å². The second-order valence-corrected chi connectivity index (χ2v) is 4.72. The van der Waals surface area contributed by atoms with E-state index in [1.165, 1.54) is 18.1 Å². The summed E-state index contributed by atoms with van der Waals surface area (Å²) in [6, 6.07) is 5.12. The Balaban J connectivity index is 2.01. The van der Waals surface area contributed by atoms with Crippen LogP contribution in [0.2, 0.25) is 5.02 Å². The molecule has 1 aliphatic heterocycles. The molecule has 0 amide bonds. The first-order valence-corrected chi connectivity index (χ1v) is 5.26. The molecule has 1 heterocycles. The van der Waals surface area contributed by atoms with Gasteiger partial charge in [0.25, 0.3) is 0 Å². The van der Waals surface area contributed by atoms with E-state index in [1.54, 1.807) is 6.07 Å². The summed E-state index contributed by atoms with van der Waals surface area (Å²) in [5.41, 5.74) is 1.47. The molecule has 1 N–H and O–H groups in total. The summed E-state index contributed by atoms with van der Waals surface area (Å²) in [6.07, 6.45) is 1.22. The van der Waals surface area contributed by atoms with Gasteiger partial charge in [-0.25, -0.2) is 4.39 Å². The number of benzene rings is 1. The molecule has 1 aliphatic carbocycles. The van der Waals surface area contributed by atoms with E-state index in [-0.39, 0.29) is 16.3 Å². The number of rotatable bonds is 1. The van der Waals surface area contributed by atoms with Crippen LogP contribution in [-0.2, 0) is 5.41 Å². The molecule has 0 spiro atoms. The van der Waals surface area contributed by atoms with Gasteiger partial charge in [-0.15, -0.1) is 0 Å². The van der Waals surface area contributed by atoms with Gasteiger partial charge in [0.1, 0.15) is 5.82 Å². The van der Waals surface area contributed by atoms with Crippen LogP contribution in [0.4, 0.5) is 4.39 Å². The van der Waals surface area contributed by atoms with Gasteiger partial charge in [-0.05, 0) is 36.6 Å². The van der Waals surface area contributed by atoms with E-state index in [1.807, 2.05) is 6.07 Å². The van der Waals surface area contributed by atoms with E-state index in [0.717, 1.165) is 19.0 Å². The van der Waals surface area contributed by atoms with Crippen molar-refractivity contribution in [2.75, 3.05) is 13.1 Å². The topological polar surface area (TPSA) is 12.0 Å². The van der Waals surface area contributed by atoms with Crippen LogP contribution in [0.15, 0.2) is 18.2 Å². The first kappa shape index (κ1) is 8.69. The van der Waals surface area contributed by atoms with Crippen molar-refractivity contribution in [2.45, 2.75) is 11.8 Å². The van der Waals surface area contributed by atoms with Crippen LogP contribution in [0.5, 0.6) is 0 Å². The number of hydrogen-bond donors (Lipinski definition) is 1. The third-order valence-corrected chi connectivity index (χ3v) is 3.85. The monoisotopic (exact) mass is 211 g/mol. The van der Waals surface area contributed by atoms with Crippen molar-refractivity contribution in [1.29, 1.82) is 0 Å².